The molecule has 1 aromatic rings. The molecule has 2 N–H and O–H groups in total. The number of benzene rings is 1. The van der Waals surface area contributed by atoms with E-state index in [1.54, 1.807) is 0 Å². The molecule has 0 saturated carbocycles. The fourth-order valence-corrected chi connectivity index (χ4v) is 5.89. The SMILES string of the molecule is COC(=O)N1C2COCC1CC(N1CCC3(CC1)c1ccccc1NC3O)C2. The molecule has 28 heavy (non-hydrogen) atoms. The molecule has 3 fully saturated rings. The lowest BCUT2D eigenvalue weighted by Gasteiger charge is -2.52. The van der Waals surface area contributed by atoms with Crippen LogP contribution >= 0.6 is 0 Å². The zero-order valence-electron chi connectivity index (χ0n) is 16.3. The van der Waals surface area contributed by atoms with Crippen molar-refractivity contribution < 1.29 is 19.4 Å². The van der Waals surface area contributed by atoms with E-state index in [-0.39, 0.29) is 23.6 Å². The zero-order valence-corrected chi connectivity index (χ0v) is 16.3. The van der Waals surface area contributed by atoms with Gasteiger partial charge in [-0.2, -0.15) is 0 Å². The van der Waals surface area contributed by atoms with Gasteiger partial charge in [0.25, 0.3) is 0 Å². The van der Waals surface area contributed by atoms with Crippen molar-refractivity contribution >= 4 is 11.8 Å². The number of aliphatic hydroxyl groups is 1. The van der Waals surface area contributed by atoms with Gasteiger partial charge in [0, 0.05) is 17.1 Å². The maximum atomic E-state index is 12.2. The molecule has 0 aromatic heterocycles. The highest BCUT2D eigenvalue weighted by Gasteiger charge is 2.50. The molecular weight excluding hydrogens is 358 g/mol. The molecule has 5 rings (SSSR count). The van der Waals surface area contributed by atoms with E-state index in [0.29, 0.717) is 19.3 Å². The smallest absolute Gasteiger partial charge is 0.410 e. The number of anilines is 1. The first-order valence-electron chi connectivity index (χ1n) is 10.3. The molecule has 1 aromatic carbocycles. The third-order valence-electron chi connectivity index (χ3n) is 7.37. The summed E-state index contributed by atoms with van der Waals surface area (Å²) < 4.78 is 10.7. The normalized spacial score (nSPS) is 34.0. The van der Waals surface area contributed by atoms with Gasteiger partial charge in [-0.15, -0.1) is 0 Å². The van der Waals surface area contributed by atoms with Crippen LogP contribution in [0.1, 0.15) is 31.2 Å². The number of para-hydroxylation sites is 1. The van der Waals surface area contributed by atoms with Gasteiger partial charge in [-0.1, -0.05) is 18.2 Å². The third-order valence-corrected chi connectivity index (χ3v) is 7.37. The van der Waals surface area contributed by atoms with Gasteiger partial charge in [-0.05, 0) is 50.4 Å². The predicted molar refractivity (Wildman–Crippen MR) is 104 cm³/mol. The number of carbonyl (C=O) groups excluding carboxylic acids is 1. The number of carbonyl (C=O) groups is 1. The number of hydrogen-bond acceptors (Lipinski definition) is 6. The molecule has 1 spiro atoms. The van der Waals surface area contributed by atoms with E-state index >= 15 is 0 Å². The van der Waals surface area contributed by atoms with Crippen molar-refractivity contribution in [1.29, 1.82) is 0 Å². The fourth-order valence-electron chi connectivity index (χ4n) is 5.89. The summed E-state index contributed by atoms with van der Waals surface area (Å²) in [5.74, 6) is 0. The van der Waals surface area contributed by atoms with Crippen LogP contribution in [0, 0.1) is 0 Å². The number of aliphatic hydroxyl groups excluding tert-OH is 1. The Bertz CT molecular complexity index is 735. The summed E-state index contributed by atoms with van der Waals surface area (Å²) in [5.41, 5.74) is 2.15. The van der Waals surface area contributed by atoms with Gasteiger partial charge >= 0.3 is 6.09 Å². The summed E-state index contributed by atoms with van der Waals surface area (Å²) in [6.45, 7) is 3.12. The number of ether oxygens (including phenoxy) is 2. The highest BCUT2D eigenvalue weighted by atomic mass is 16.5. The summed E-state index contributed by atoms with van der Waals surface area (Å²) in [6.07, 6.45) is 3.00. The van der Waals surface area contributed by atoms with E-state index in [9.17, 15) is 9.90 Å². The van der Waals surface area contributed by atoms with Crippen LogP contribution in [0.2, 0.25) is 0 Å². The molecule has 7 nitrogen and oxygen atoms in total. The molecule has 0 aliphatic carbocycles. The van der Waals surface area contributed by atoms with Crippen molar-refractivity contribution in [2.75, 3.05) is 38.7 Å². The molecule has 7 heteroatoms. The van der Waals surface area contributed by atoms with Crippen LogP contribution in [0.4, 0.5) is 10.5 Å². The monoisotopic (exact) mass is 387 g/mol. The first-order valence-corrected chi connectivity index (χ1v) is 10.3. The minimum absolute atomic E-state index is 0.0975. The number of nitrogens with zero attached hydrogens (tertiary/aromatic N) is 2. The van der Waals surface area contributed by atoms with Crippen molar-refractivity contribution in [2.45, 2.75) is 55.5 Å². The number of fused-ring (bicyclic) bond motifs is 4. The summed E-state index contributed by atoms with van der Waals surface area (Å²) in [4.78, 5) is 16.6. The van der Waals surface area contributed by atoms with Crippen molar-refractivity contribution in [3.8, 4) is 0 Å². The summed E-state index contributed by atoms with van der Waals surface area (Å²) >= 11 is 0. The lowest BCUT2D eigenvalue weighted by molar-refractivity contribution is -0.0881. The topological polar surface area (TPSA) is 74.3 Å². The maximum Gasteiger partial charge on any atom is 0.410 e. The van der Waals surface area contributed by atoms with Gasteiger partial charge < -0.3 is 24.8 Å². The standard InChI is InChI=1S/C21H29N3O4/c1-27-20(26)24-15-10-14(11-16(24)13-28-12-15)23-8-6-21(7-9-23)17-4-2-3-5-18(17)22-19(21)25/h2-5,14-16,19,22,25H,6-13H2,1H3. The molecule has 4 heterocycles. The average Bonchev–Trinajstić information content (AvgIpc) is 2.98. The van der Waals surface area contributed by atoms with E-state index in [0.717, 1.165) is 44.5 Å². The average molecular weight is 387 g/mol. The van der Waals surface area contributed by atoms with Crippen molar-refractivity contribution in [3.05, 3.63) is 29.8 Å². The number of hydrogen-bond donors (Lipinski definition) is 2. The van der Waals surface area contributed by atoms with Gasteiger partial charge in [-0.3, -0.25) is 4.90 Å². The predicted octanol–water partition coefficient (Wildman–Crippen LogP) is 1.76. The van der Waals surface area contributed by atoms with E-state index < -0.39 is 6.23 Å². The highest BCUT2D eigenvalue weighted by molar-refractivity contribution is 5.68. The van der Waals surface area contributed by atoms with E-state index in [1.807, 2.05) is 11.0 Å². The Hall–Kier alpha value is -1.83. The van der Waals surface area contributed by atoms with Crippen LogP contribution < -0.4 is 5.32 Å². The van der Waals surface area contributed by atoms with Gasteiger partial charge in [0.1, 0.15) is 6.23 Å². The number of rotatable bonds is 1. The molecule has 0 radical (unpaired) electrons. The number of likely N-dealkylation sites (tertiary alicyclic amines) is 1. The van der Waals surface area contributed by atoms with Crippen molar-refractivity contribution in [1.82, 2.24) is 9.80 Å². The molecule has 3 atom stereocenters. The Labute approximate surface area is 165 Å². The Kier molecular flexibility index (Phi) is 4.49. The van der Waals surface area contributed by atoms with E-state index in [4.69, 9.17) is 9.47 Å². The summed E-state index contributed by atoms with van der Waals surface area (Å²) in [7, 11) is 1.45. The Balaban J connectivity index is 1.29. The Morgan fingerprint density at radius 3 is 2.54 bits per heavy atom. The number of methoxy groups -OCH3 is 1. The molecule has 4 aliphatic heterocycles. The lowest BCUT2D eigenvalue weighted by atomic mass is 9.72. The maximum absolute atomic E-state index is 12.2. The quantitative estimate of drug-likeness (QED) is 0.765. The molecule has 1 amide bonds. The number of amides is 1. The van der Waals surface area contributed by atoms with Gasteiger partial charge in [0.2, 0.25) is 0 Å². The van der Waals surface area contributed by atoms with Crippen LogP contribution in [0.25, 0.3) is 0 Å². The highest BCUT2D eigenvalue weighted by Crippen LogP contribution is 2.47. The van der Waals surface area contributed by atoms with Crippen LogP contribution in [-0.2, 0) is 14.9 Å². The van der Waals surface area contributed by atoms with Gasteiger partial charge in [0.05, 0.1) is 32.4 Å². The second-order valence-corrected chi connectivity index (χ2v) is 8.63. The second kappa shape index (κ2) is 6.90. The molecular formula is C21H29N3O4. The summed E-state index contributed by atoms with van der Waals surface area (Å²) in [5, 5.41) is 14.0. The fraction of sp³-hybridized carbons (Fsp3) is 0.667. The van der Waals surface area contributed by atoms with E-state index in [2.05, 4.69) is 28.4 Å². The van der Waals surface area contributed by atoms with Gasteiger partial charge in [-0.25, -0.2) is 4.79 Å². The first kappa shape index (κ1) is 18.2. The molecule has 3 saturated heterocycles. The van der Waals surface area contributed by atoms with Crippen LogP contribution in [0.3, 0.4) is 0 Å². The molecule has 4 aliphatic rings. The largest absolute Gasteiger partial charge is 0.453 e. The third kappa shape index (κ3) is 2.71. The number of morpholine rings is 1. The minimum atomic E-state index is -0.513. The molecule has 2 bridgehead atoms. The minimum Gasteiger partial charge on any atom is -0.453 e. The van der Waals surface area contributed by atoms with Crippen molar-refractivity contribution in [3.63, 3.8) is 0 Å². The zero-order chi connectivity index (χ0) is 19.3. The Morgan fingerprint density at radius 1 is 1.18 bits per heavy atom. The Morgan fingerprint density at radius 2 is 1.86 bits per heavy atom. The number of piperidine rings is 2. The van der Waals surface area contributed by atoms with Crippen LogP contribution in [0.5, 0.6) is 0 Å². The first-order chi connectivity index (χ1) is 13.6. The van der Waals surface area contributed by atoms with Gasteiger partial charge in [0.15, 0.2) is 0 Å². The second-order valence-electron chi connectivity index (χ2n) is 8.63. The molecule has 3 unspecified atom stereocenters. The van der Waals surface area contributed by atoms with Crippen LogP contribution in [0.15, 0.2) is 24.3 Å². The lowest BCUT2D eigenvalue weighted by Crippen LogP contribution is -2.63. The number of nitrogens with one attached hydrogen (secondary N) is 1. The summed E-state index contributed by atoms with van der Waals surface area (Å²) in [6, 6.07) is 8.95. The van der Waals surface area contributed by atoms with Crippen molar-refractivity contribution in [2.24, 2.45) is 0 Å². The molecule has 152 valence electrons. The van der Waals surface area contributed by atoms with Crippen LogP contribution in [-0.4, -0.2) is 78.8 Å². The van der Waals surface area contributed by atoms with E-state index in [1.165, 1.54) is 12.7 Å².